The molecule has 0 fully saturated rings. The van der Waals surface area contributed by atoms with Gasteiger partial charge in [-0.15, -0.1) is 10.2 Å². The van der Waals surface area contributed by atoms with Crippen molar-refractivity contribution in [3.63, 3.8) is 0 Å². The van der Waals surface area contributed by atoms with E-state index in [1.807, 2.05) is 0 Å². The fraction of sp³-hybridized carbons (Fsp3) is 0.125. The number of rotatable bonds is 2. The fourth-order valence-electron chi connectivity index (χ4n) is 1.12. The lowest BCUT2D eigenvalue weighted by Gasteiger charge is -1.96. The summed E-state index contributed by atoms with van der Waals surface area (Å²) in [7, 11) is 1.67. The number of benzene rings is 1. The van der Waals surface area contributed by atoms with Gasteiger partial charge in [0.15, 0.2) is 11.1 Å². The van der Waals surface area contributed by atoms with E-state index in [0.717, 1.165) is 5.56 Å². The molecule has 0 saturated heterocycles. The van der Waals surface area contributed by atoms with Crippen LogP contribution in [0.15, 0.2) is 29.2 Å². The van der Waals surface area contributed by atoms with E-state index < -0.39 is 11.1 Å². The Hall–Kier alpha value is -1.60. The number of aryl methyl sites for hydroxylation is 1. The highest BCUT2D eigenvalue weighted by Crippen LogP contribution is 2.15. The number of hydrogen-bond donors (Lipinski definition) is 1. The van der Waals surface area contributed by atoms with Crippen molar-refractivity contribution in [2.45, 2.75) is 4.90 Å². The Morgan fingerprint density at radius 2 is 2.00 bits per heavy atom. The van der Waals surface area contributed by atoms with Crippen LogP contribution in [0.3, 0.4) is 0 Å². The average molecular weight is 224 g/mol. The van der Waals surface area contributed by atoms with E-state index in [2.05, 4.69) is 15.4 Å². The van der Waals surface area contributed by atoms with E-state index in [1.165, 1.54) is 4.80 Å². The molecule has 1 heterocycles. The number of tetrazole rings is 1. The van der Waals surface area contributed by atoms with Crippen molar-refractivity contribution in [3.05, 3.63) is 24.3 Å². The molecule has 0 bridgehead atoms. The molecule has 0 aliphatic heterocycles. The molecule has 0 aliphatic carbocycles. The maximum Gasteiger partial charge on any atom is 0.204 e. The molecule has 78 valence electrons. The molecule has 7 heteroatoms. The van der Waals surface area contributed by atoms with Gasteiger partial charge in [0.05, 0.1) is 11.9 Å². The molecule has 0 aliphatic rings. The number of hydrogen-bond acceptors (Lipinski definition) is 4. The van der Waals surface area contributed by atoms with Crippen LogP contribution in [-0.4, -0.2) is 29.0 Å². The van der Waals surface area contributed by atoms with Gasteiger partial charge < -0.3 is 4.55 Å². The lowest BCUT2D eigenvalue weighted by Crippen LogP contribution is -1.92. The Balaban J connectivity index is 2.35. The van der Waals surface area contributed by atoms with Gasteiger partial charge in [-0.3, -0.25) is 0 Å². The van der Waals surface area contributed by atoms with E-state index in [1.54, 1.807) is 31.3 Å². The first-order valence-corrected chi connectivity index (χ1v) is 5.23. The minimum absolute atomic E-state index is 0.350. The predicted molar refractivity (Wildman–Crippen MR) is 53.3 cm³/mol. The topological polar surface area (TPSA) is 80.9 Å². The summed E-state index contributed by atoms with van der Waals surface area (Å²) in [5.74, 6) is 0.493. The van der Waals surface area contributed by atoms with Crippen LogP contribution in [0.5, 0.6) is 0 Å². The van der Waals surface area contributed by atoms with Crippen LogP contribution in [-0.2, 0) is 18.1 Å². The zero-order valence-electron chi connectivity index (χ0n) is 7.86. The van der Waals surface area contributed by atoms with Crippen molar-refractivity contribution in [1.82, 2.24) is 20.2 Å². The highest BCUT2D eigenvalue weighted by atomic mass is 32.2. The first-order chi connectivity index (χ1) is 7.16. The molecule has 0 saturated carbocycles. The molecule has 1 atom stereocenters. The highest BCUT2D eigenvalue weighted by molar-refractivity contribution is 7.79. The smallest absolute Gasteiger partial charge is 0.204 e. The van der Waals surface area contributed by atoms with Crippen LogP contribution >= 0.6 is 0 Å². The monoisotopic (exact) mass is 224 g/mol. The average Bonchev–Trinajstić information content (AvgIpc) is 2.65. The van der Waals surface area contributed by atoms with Crippen LogP contribution < -0.4 is 0 Å². The van der Waals surface area contributed by atoms with Gasteiger partial charge in [0.2, 0.25) is 5.82 Å². The van der Waals surface area contributed by atoms with Crippen LogP contribution in [0.1, 0.15) is 0 Å². The van der Waals surface area contributed by atoms with Gasteiger partial charge in [0, 0.05) is 5.56 Å². The van der Waals surface area contributed by atoms with Crippen molar-refractivity contribution in [2.75, 3.05) is 0 Å². The number of aromatic nitrogens is 4. The zero-order chi connectivity index (χ0) is 10.8. The minimum Gasteiger partial charge on any atom is -0.302 e. The molecule has 6 nitrogen and oxygen atoms in total. The van der Waals surface area contributed by atoms with Crippen molar-refractivity contribution < 1.29 is 8.76 Å². The number of nitrogens with zero attached hydrogens (tertiary/aromatic N) is 4. The molecule has 2 aromatic rings. The standard InChI is InChI=1S/C8H8N4O2S/c1-12-10-8(9-11-12)6-2-4-7(5-3-6)15(13)14/h2-5H,1H3,(H,13,14). The molecule has 15 heavy (non-hydrogen) atoms. The second-order valence-electron chi connectivity index (χ2n) is 2.88. The lowest BCUT2D eigenvalue weighted by atomic mass is 10.2. The van der Waals surface area contributed by atoms with Gasteiger partial charge in [-0.05, 0) is 29.5 Å². The van der Waals surface area contributed by atoms with E-state index >= 15 is 0 Å². The normalized spacial score (nSPS) is 12.7. The Morgan fingerprint density at radius 1 is 1.33 bits per heavy atom. The maximum atomic E-state index is 10.7. The van der Waals surface area contributed by atoms with Crippen LogP contribution in [0.25, 0.3) is 11.4 Å². The predicted octanol–water partition coefficient (Wildman–Crippen LogP) is 0.458. The zero-order valence-corrected chi connectivity index (χ0v) is 8.68. The van der Waals surface area contributed by atoms with Crippen molar-refractivity contribution in [1.29, 1.82) is 0 Å². The van der Waals surface area contributed by atoms with E-state index in [0.29, 0.717) is 10.7 Å². The second kappa shape index (κ2) is 3.87. The van der Waals surface area contributed by atoms with Crippen LogP contribution in [0.4, 0.5) is 0 Å². The van der Waals surface area contributed by atoms with Crippen LogP contribution in [0.2, 0.25) is 0 Å². The van der Waals surface area contributed by atoms with Gasteiger partial charge in [-0.1, -0.05) is 0 Å². The molecule has 1 aromatic heterocycles. The first kappa shape index (κ1) is 9.94. The SMILES string of the molecule is Cn1nnc(-c2ccc(S(=O)O)cc2)n1. The Bertz CT molecular complexity index is 494. The molecular formula is C8H8N4O2S. The largest absolute Gasteiger partial charge is 0.302 e. The quantitative estimate of drug-likeness (QED) is 0.749. The summed E-state index contributed by atoms with van der Waals surface area (Å²) < 4.78 is 19.5. The van der Waals surface area contributed by atoms with Crippen LogP contribution in [0, 0.1) is 0 Å². The Kier molecular flexibility index (Phi) is 2.57. The summed E-state index contributed by atoms with van der Waals surface area (Å²) in [5.41, 5.74) is 0.761. The molecule has 0 amide bonds. The molecular weight excluding hydrogens is 216 g/mol. The van der Waals surface area contributed by atoms with Gasteiger partial charge >= 0.3 is 0 Å². The fourth-order valence-corrected chi connectivity index (χ4v) is 1.49. The third-order valence-electron chi connectivity index (χ3n) is 1.82. The molecule has 1 N–H and O–H groups in total. The van der Waals surface area contributed by atoms with E-state index in [-0.39, 0.29) is 0 Å². The summed E-state index contributed by atoms with van der Waals surface area (Å²) >= 11 is -1.95. The Labute approximate surface area is 88.2 Å². The maximum absolute atomic E-state index is 10.7. The van der Waals surface area contributed by atoms with Gasteiger partial charge in [0.1, 0.15) is 0 Å². The highest BCUT2D eigenvalue weighted by Gasteiger charge is 2.05. The molecule has 1 unspecified atom stereocenters. The second-order valence-corrected chi connectivity index (χ2v) is 3.85. The molecule has 1 aromatic carbocycles. The minimum atomic E-state index is -1.95. The summed E-state index contributed by atoms with van der Waals surface area (Å²) in [6, 6.07) is 6.48. The van der Waals surface area contributed by atoms with E-state index in [4.69, 9.17) is 4.55 Å². The summed E-state index contributed by atoms with van der Waals surface area (Å²) in [6.45, 7) is 0. The molecule has 2 rings (SSSR count). The molecule has 0 radical (unpaired) electrons. The van der Waals surface area contributed by atoms with Crippen molar-refractivity contribution in [3.8, 4) is 11.4 Å². The van der Waals surface area contributed by atoms with Gasteiger partial charge in [0.25, 0.3) is 0 Å². The Morgan fingerprint density at radius 3 is 2.47 bits per heavy atom. The third kappa shape index (κ3) is 2.08. The summed E-state index contributed by atoms with van der Waals surface area (Å²) in [6.07, 6.45) is 0. The van der Waals surface area contributed by atoms with Crippen molar-refractivity contribution >= 4 is 11.1 Å². The summed E-state index contributed by atoms with van der Waals surface area (Å²) in [4.78, 5) is 1.70. The van der Waals surface area contributed by atoms with E-state index in [9.17, 15) is 4.21 Å². The van der Waals surface area contributed by atoms with Gasteiger partial charge in [-0.2, -0.15) is 4.80 Å². The van der Waals surface area contributed by atoms with Gasteiger partial charge in [-0.25, -0.2) is 4.21 Å². The third-order valence-corrected chi connectivity index (χ3v) is 2.50. The first-order valence-electron chi connectivity index (χ1n) is 4.12. The van der Waals surface area contributed by atoms with Crippen molar-refractivity contribution in [2.24, 2.45) is 7.05 Å². The lowest BCUT2D eigenvalue weighted by molar-refractivity contribution is 0.564. The molecule has 0 spiro atoms. The summed E-state index contributed by atoms with van der Waals surface area (Å²) in [5, 5.41) is 11.5.